The van der Waals surface area contributed by atoms with Gasteiger partial charge in [0.15, 0.2) is 0 Å². The first kappa shape index (κ1) is 16.4. The van der Waals surface area contributed by atoms with E-state index < -0.39 is 0 Å². The normalized spacial score (nSPS) is 15.3. The first-order chi connectivity index (χ1) is 11.6. The number of aryl methyl sites for hydroxylation is 1. The monoisotopic (exact) mass is 325 g/mol. The van der Waals surface area contributed by atoms with Crippen LogP contribution in [0.3, 0.4) is 0 Å². The highest BCUT2D eigenvalue weighted by molar-refractivity contribution is 5.73. The zero-order valence-corrected chi connectivity index (χ0v) is 14.2. The minimum absolute atomic E-state index is 0.174. The summed E-state index contributed by atoms with van der Waals surface area (Å²) in [6.45, 7) is 5.30. The SMILES string of the molecule is CC(=O)N1CCC(Cc2cc(Nc3cccc(C)n3)ncn2)CC1. The lowest BCUT2D eigenvalue weighted by Crippen LogP contribution is -2.37. The molecule has 0 unspecified atom stereocenters. The lowest BCUT2D eigenvalue weighted by Gasteiger charge is -2.31. The number of aromatic nitrogens is 3. The molecule has 0 spiro atoms. The third-order valence-electron chi connectivity index (χ3n) is 4.43. The summed E-state index contributed by atoms with van der Waals surface area (Å²) in [5.74, 6) is 2.29. The molecular formula is C18H23N5O. The van der Waals surface area contributed by atoms with E-state index in [-0.39, 0.29) is 5.91 Å². The van der Waals surface area contributed by atoms with E-state index in [1.54, 1.807) is 13.3 Å². The van der Waals surface area contributed by atoms with E-state index in [1.165, 1.54) is 0 Å². The minimum Gasteiger partial charge on any atom is -0.343 e. The molecule has 1 saturated heterocycles. The standard InChI is InChI=1S/C18H23N5O/c1-13-4-3-5-17(21-13)22-18-11-16(19-12-20-18)10-15-6-8-23(9-7-15)14(2)24/h3-5,11-12,15H,6-10H2,1-2H3,(H,19,20,21,22). The molecule has 1 fully saturated rings. The second-order valence-corrected chi connectivity index (χ2v) is 6.34. The van der Waals surface area contributed by atoms with Gasteiger partial charge in [0, 0.05) is 37.5 Å². The number of anilines is 2. The van der Waals surface area contributed by atoms with Gasteiger partial charge in [0.05, 0.1) is 0 Å². The molecule has 1 amide bonds. The molecule has 1 N–H and O–H groups in total. The van der Waals surface area contributed by atoms with Crippen molar-refractivity contribution in [1.82, 2.24) is 19.9 Å². The topological polar surface area (TPSA) is 71.0 Å². The van der Waals surface area contributed by atoms with Crippen LogP contribution in [0.25, 0.3) is 0 Å². The van der Waals surface area contributed by atoms with Crippen LogP contribution >= 0.6 is 0 Å². The number of nitrogens with one attached hydrogen (secondary N) is 1. The predicted octanol–water partition coefficient (Wildman–Crippen LogP) is 2.72. The molecule has 0 aliphatic carbocycles. The molecule has 1 aliphatic rings. The van der Waals surface area contributed by atoms with Crippen LogP contribution in [0.15, 0.2) is 30.6 Å². The van der Waals surface area contributed by atoms with Gasteiger partial charge in [0.1, 0.15) is 18.0 Å². The average molecular weight is 325 g/mol. The van der Waals surface area contributed by atoms with Crippen molar-refractivity contribution in [3.05, 3.63) is 42.0 Å². The van der Waals surface area contributed by atoms with Gasteiger partial charge in [0.25, 0.3) is 0 Å². The number of piperidine rings is 1. The van der Waals surface area contributed by atoms with E-state index >= 15 is 0 Å². The summed E-state index contributed by atoms with van der Waals surface area (Å²) in [4.78, 5) is 26.4. The lowest BCUT2D eigenvalue weighted by atomic mass is 9.92. The van der Waals surface area contributed by atoms with Gasteiger partial charge in [-0.1, -0.05) is 6.07 Å². The highest BCUT2D eigenvalue weighted by Gasteiger charge is 2.21. The molecule has 3 rings (SSSR count). The van der Waals surface area contributed by atoms with E-state index in [9.17, 15) is 4.79 Å². The molecule has 2 aromatic rings. The highest BCUT2D eigenvalue weighted by atomic mass is 16.2. The maximum Gasteiger partial charge on any atom is 0.219 e. The summed E-state index contributed by atoms with van der Waals surface area (Å²) in [6, 6.07) is 7.84. The van der Waals surface area contributed by atoms with Crippen LogP contribution < -0.4 is 5.32 Å². The Morgan fingerprint density at radius 1 is 1.25 bits per heavy atom. The summed E-state index contributed by atoms with van der Waals surface area (Å²) in [5.41, 5.74) is 1.99. The fourth-order valence-electron chi connectivity index (χ4n) is 3.07. The molecule has 2 aromatic heterocycles. The summed E-state index contributed by atoms with van der Waals surface area (Å²) < 4.78 is 0. The van der Waals surface area contributed by atoms with Gasteiger partial charge in [-0.3, -0.25) is 4.79 Å². The number of amides is 1. The molecule has 1 aliphatic heterocycles. The first-order valence-corrected chi connectivity index (χ1v) is 8.37. The van der Waals surface area contributed by atoms with Crippen molar-refractivity contribution in [2.75, 3.05) is 18.4 Å². The van der Waals surface area contributed by atoms with Crippen LogP contribution in [0.5, 0.6) is 0 Å². The average Bonchev–Trinajstić information content (AvgIpc) is 2.56. The van der Waals surface area contributed by atoms with E-state index in [1.807, 2.05) is 36.1 Å². The van der Waals surface area contributed by atoms with Crippen LogP contribution in [-0.4, -0.2) is 38.8 Å². The van der Waals surface area contributed by atoms with Crippen molar-refractivity contribution in [2.24, 2.45) is 5.92 Å². The van der Waals surface area contributed by atoms with Crippen LogP contribution in [-0.2, 0) is 11.2 Å². The van der Waals surface area contributed by atoms with Gasteiger partial charge in [-0.25, -0.2) is 15.0 Å². The second kappa shape index (κ2) is 7.38. The molecule has 24 heavy (non-hydrogen) atoms. The molecule has 0 radical (unpaired) electrons. The number of rotatable bonds is 4. The third kappa shape index (κ3) is 4.28. The van der Waals surface area contributed by atoms with Crippen molar-refractivity contribution < 1.29 is 4.79 Å². The molecule has 6 heteroatoms. The van der Waals surface area contributed by atoms with E-state index in [4.69, 9.17) is 0 Å². The summed E-state index contributed by atoms with van der Waals surface area (Å²) in [5, 5.41) is 3.23. The Bertz CT molecular complexity index is 710. The Morgan fingerprint density at radius 2 is 2.04 bits per heavy atom. The van der Waals surface area contributed by atoms with Crippen molar-refractivity contribution >= 4 is 17.5 Å². The molecule has 6 nitrogen and oxygen atoms in total. The van der Waals surface area contributed by atoms with E-state index in [0.717, 1.165) is 55.4 Å². The zero-order valence-electron chi connectivity index (χ0n) is 14.2. The zero-order chi connectivity index (χ0) is 16.9. The van der Waals surface area contributed by atoms with Gasteiger partial charge in [-0.05, 0) is 44.2 Å². The molecule has 0 aromatic carbocycles. The molecular weight excluding hydrogens is 302 g/mol. The highest BCUT2D eigenvalue weighted by Crippen LogP contribution is 2.22. The summed E-state index contributed by atoms with van der Waals surface area (Å²) >= 11 is 0. The number of carbonyl (C=O) groups excluding carboxylic acids is 1. The number of carbonyl (C=O) groups is 1. The van der Waals surface area contributed by atoms with Crippen molar-refractivity contribution in [3.63, 3.8) is 0 Å². The van der Waals surface area contributed by atoms with Gasteiger partial charge in [-0.15, -0.1) is 0 Å². The smallest absolute Gasteiger partial charge is 0.219 e. The fraction of sp³-hybridized carbons (Fsp3) is 0.444. The molecule has 126 valence electrons. The van der Waals surface area contributed by atoms with Crippen molar-refractivity contribution in [1.29, 1.82) is 0 Å². The molecule has 0 saturated carbocycles. The van der Waals surface area contributed by atoms with Gasteiger partial charge in [-0.2, -0.15) is 0 Å². The lowest BCUT2D eigenvalue weighted by molar-refractivity contribution is -0.130. The van der Waals surface area contributed by atoms with Crippen LogP contribution in [0.2, 0.25) is 0 Å². The van der Waals surface area contributed by atoms with Gasteiger partial charge < -0.3 is 10.2 Å². The molecule has 0 atom stereocenters. The van der Waals surface area contributed by atoms with Crippen LogP contribution in [0.1, 0.15) is 31.2 Å². The molecule has 0 bridgehead atoms. The Balaban J connectivity index is 1.60. The van der Waals surface area contributed by atoms with Gasteiger partial charge >= 0.3 is 0 Å². The Morgan fingerprint density at radius 3 is 2.75 bits per heavy atom. The maximum atomic E-state index is 11.4. The Hall–Kier alpha value is -2.50. The maximum absolute atomic E-state index is 11.4. The number of pyridine rings is 1. The van der Waals surface area contributed by atoms with Crippen molar-refractivity contribution in [2.45, 2.75) is 33.1 Å². The van der Waals surface area contributed by atoms with Crippen molar-refractivity contribution in [3.8, 4) is 0 Å². The summed E-state index contributed by atoms with van der Waals surface area (Å²) in [7, 11) is 0. The fourth-order valence-corrected chi connectivity index (χ4v) is 3.07. The Kier molecular flexibility index (Phi) is 5.03. The quantitative estimate of drug-likeness (QED) is 0.936. The summed E-state index contributed by atoms with van der Waals surface area (Å²) in [6.07, 6.45) is 4.58. The number of hydrogen-bond donors (Lipinski definition) is 1. The van der Waals surface area contributed by atoms with Crippen LogP contribution in [0, 0.1) is 12.8 Å². The predicted molar refractivity (Wildman–Crippen MR) is 93.0 cm³/mol. The first-order valence-electron chi connectivity index (χ1n) is 8.37. The minimum atomic E-state index is 0.174. The Labute approximate surface area is 142 Å². The van der Waals surface area contributed by atoms with Gasteiger partial charge in [0.2, 0.25) is 5.91 Å². The largest absolute Gasteiger partial charge is 0.343 e. The van der Waals surface area contributed by atoms with E-state index in [2.05, 4.69) is 20.3 Å². The number of nitrogens with zero attached hydrogens (tertiary/aromatic N) is 4. The number of likely N-dealkylation sites (tertiary alicyclic amines) is 1. The van der Waals surface area contributed by atoms with E-state index in [0.29, 0.717) is 5.92 Å². The number of hydrogen-bond acceptors (Lipinski definition) is 5. The van der Waals surface area contributed by atoms with Crippen LogP contribution in [0.4, 0.5) is 11.6 Å². The third-order valence-corrected chi connectivity index (χ3v) is 4.43. The second-order valence-electron chi connectivity index (χ2n) is 6.34. The molecule has 3 heterocycles.